The Hall–Kier alpha value is -0.670. The molecule has 3 heteroatoms. The van der Waals surface area contributed by atoms with Gasteiger partial charge in [0.2, 0.25) is 0 Å². The highest BCUT2D eigenvalue weighted by Gasteiger charge is 2.18. The molecule has 1 atom stereocenters. The smallest absolute Gasteiger partial charge is 0.156 e. The maximum Gasteiger partial charge on any atom is 0.156 e. The Kier molecular flexibility index (Phi) is 9.63. The molecule has 1 fully saturated rings. The number of carbonyl (C=O) groups excluding carboxylic acids is 1. The minimum absolute atomic E-state index is 0.398. The van der Waals surface area contributed by atoms with Gasteiger partial charge in [-0.1, -0.05) is 19.9 Å². The fourth-order valence-corrected chi connectivity index (χ4v) is 1.04. The van der Waals surface area contributed by atoms with Crippen LogP contribution in [0.25, 0.3) is 0 Å². The summed E-state index contributed by atoms with van der Waals surface area (Å²) in [5.74, 6) is -0.614. The Balaban J connectivity index is 0. The number of aliphatic hydroxyl groups is 2. The van der Waals surface area contributed by atoms with Crippen molar-refractivity contribution < 1.29 is 15.0 Å². The Labute approximate surface area is 92.8 Å². The molecule has 0 spiro atoms. The normalized spacial score (nSPS) is 19.6. The van der Waals surface area contributed by atoms with Crippen LogP contribution in [-0.4, -0.2) is 21.8 Å². The standard InChI is InChI=1S/C7H10O.C3H8O2.C2H6/c1-2-6-3-4-7(8)5-6;1-3(2,4)5;1-2/h2,6H,1,3-5H2;4-5H,1-2H3;1-2H3. The highest BCUT2D eigenvalue weighted by atomic mass is 16.5. The first-order chi connectivity index (χ1) is 6.83. The van der Waals surface area contributed by atoms with Crippen LogP contribution >= 0.6 is 0 Å². The van der Waals surface area contributed by atoms with Crippen LogP contribution in [0.15, 0.2) is 12.7 Å². The highest BCUT2D eigenvalue weighted by molar-refractivity contribution is 5.80. The van der Waals surface area contributed by atoms with Crippen molar-refractivity contribution in [2.45, 2.75) is 52.7 Å². The van der Waals surface area contributed by atoms with Gasteiger partial charge in [-0.15, -0.1) is 6.58 Å². The predicted molar refractivity (Wildman–Crippen MR) is 62.4 cm³/mol. The number of rotatable bonds is 1. The molecular weight excluding hydrogens is 192 g/mol. The van der Waals surface area contributed by atoms with E-state index in [-0.39, 0.29) is 0 Å². The summed E-state index contributed by atoms with van der Waals surface area (Å²) in [6.45, 7) is 10.2. The second-order valence-electron chi connectivity index (χ2n) is 3.77. The van der Waals surface area contributed by atoms with Crippen molar-refractivity contribution >= 4 is 5.78 Å². The lowest BCUT2D eigenvalue weighted by Gasteiger charge is -2.03. The van der Waals surface area contributed by atoms with Crippen molar-refractivity contribution in [3.05, 3.63) is 12.7 Å². The van der Waals surface area contributed by atoms with Crippen molar-refractivity contribution in [1.82, 2.24) is 0 Å². The molecule has 2 N–H and O–H groups in total. The van der Waals surface area contributed by atoms with Crippen molar-refractivity contribution in [2.75, 3.05) is 0 Å². The van der Waals surface area contributed by atoms with Gasteiger partial charge in [-0.25, -0.2) is 0 Å². The van der Waals surface area contributed by atoms with Crippen LogP contribution in [0.2, 0.25) is 0 Å². The fraction of sp³-hybridized carbons (Fsp3) is 0.750. The van der Waals surface area contributed by atoms with Gasteiger partial charge in [0, 0.05) is 12.8 Å². The van der Waals surface area contributed by atoms with Gasteiger partial charge in [0.1, 0.15) is 5.78 Å². The van der Waals surface area contributed by atoms with Crippen molar-refractivity contribution in [3.63, 3.8) is 0 Å². The zero-order valence-electron chi connectivity index (χ0n) is 10.3. The summed E-state index contributed by atoms with van der Waals surface area (Å²) in [6.07, 6.45) is 4.42. The van der Waals surface area contributed by atoms with E-state index in [1.165, 1.54) is 13.8 Å². The van der Waals surface area contributed by atoms with Crippen LogP contribution in [0.4, 0.5) is 0 Å². The van der Waals surface area contributed by atoms with E-state index in [1.54, 1.807) is 0 Å². The SMILES string of the molecule is C=CC1CCC(=O)C1.CC.CC(C)(O)O. The molecule has 0 aromatic rings. The zero-order chi connectivity index (χ0) is 12.5. The zero-order valence-corrected chi connectivity index (χ0v) is 10.3. The van der Waals surface area contributed by atoms with Gasteiger partial charge < -0.3 is 10.2 Å². The van der Waals surface area contributed by atoms with E-state index in [2.05, 4.69) is 6.58 Å². The molecule has 0 aromatic heterocycles. The van der Waals surface area contributed by atoms with E-state index < -0.39 is 5.79 Å². The van der Waals surface area contributed by atoms with Crippen LogP contribution < -0.4 is 0 Å². The van der Waals surface area contributed by atoms with Crippen molar-refractivity contribution in [2.24, 2.45) is 5.92 Å². The maximum absolute atomic E-state index is 10.6. The molecule has 1 rings (SSSR count). The molecule has 1 unspecified atom stereocenters. The lowest BCUT2D eigenvalue weighted by Crippen LogP contribution is -2.15. The molecule has 0 heterocycles. The lowest BCUT2D eigenvalue weighted by atomic mass is 10.1. The largest absolute Gasteiger partial charge is 0.366 e. The van der Waals surface area contributed by atoms with E-state index in [0.717, 1.165) is 19.3 Å². The molecule has 0 bridgehead atoms. The number of Topliss-reactive ketones (excluding diaryl/α,β-unsaturated/α-hetero) is 1. The number of ketones is 1. The molecule has 1 saturated carbocycles. The van der Waals surface area contributed by atoms with Gasteiger partial charge in [0.05, 0.1) is 0 Å². The Morgan fingerprint density at radius 1 is 1.40 bits per heavy atom. The molecule has 0 radical (unpaired) electrons. The van der Waals surface area contributed by atoms with E-state index in [1.807, 2.05) is 19.9 Å². The van der Waals surface area contributed by atoms with E-state index >= 15 is 0 Å². The first-order valence-corrected chi connectivity index (χ1v) is 5.42. The summed E-state index contributed by atoms with van der Waals surface area (Å²) in [7, 11) is 0. The fourth-order valence-electron chi connectivity index (χ4n) is 1.04. The van der Waals surface area contributed by atoms with E-state index in [0.29, 0.717) is 11.7 Å². The quantitative estimate of drug-likeness (QED) is 0.522. The molecule has 0 aliphatic heterocycles. The molecule has 1 aliphatic carbocycles. The molecule has 90 valence electrons. The molecule has 1 aliphatic rings. The second-order valence-corrected chi connectivity index (χ2v) is 3.77. The Morgan fingerprint density at radius 3 is 1.93 bits per heavy atom. The summed E-state index contributed by atoms with van der Waals surface area (Å²) in [4.78, 5) is 10.6. The summed E-state index contributed by atoms with van der Waals surface area (Å²) >= 11 is 0. The average Bonchev–Trinajstić information content (AvgIpc) is 2.52. The third-order valence-corrected chi connectivity index (χ3v) is 1.62. The first-order valence-electron chi connectivity index (χ1n) is 5.42. The third-order valence-electron chi connectivity index (χ3n) is 1.62. The van der Waals surface area contributed by atoms with Crippen LogP contribution in [0.1, 0.15) is 47.0 Å². The summed E-state index contributed by atoms with van der Waals surface area (Å²) in [5, 5.41) is 16.2. The van der Waals surface area contributed by atoms with Crippen LogP contribution in [0.5, 0.6) is 0 Å². The van der Waals surface area contributed by atoms with Crippen LogP contribution in [0.3, 0.4) is 0 Å². The highest BCUT2D eigenvalue weighted by Crippen LogP contribution is 2.21. The van der Waals surface area contributed by atoms with Gasteiger partial charge in [-0.05, 0) is 26.2 Å². The van der Waals surface area contributed by atoms with Crippen molar-refractivity contribution in [1.29, 1.82) is 0 Å². The minimum atomic E-state index is -1.50. The minimum Gasteiger partial charge on any atom is -0.366 e. The summed E-state index contributed by atoms with van der Waals surface area (Å²) in [6, 6.07) is 0. The van der Waals surface area contributed by atoms with Gasteiger partial charge in [-0.2, -0.15) is 0 Å². The maximum atomic E-state index is 10.6. The first kappa shape index (κ1) is 16.7. The van der Waals surface area contributed by atoms with Crippen LogP contribution in [0, 0.1) is 5.92 Å². The van der Waals surface area contributed by atoms with Crippen LogP contribution in [-0.2, 0) is 4.79 Å². The molecule has 0 amide bonds. The lowest BCUT2D eigenvalue weighted by molar-refractivity contribution is -0.127. The second kappa shape index (κ2) is 8.62. The van der Waals surface area contributed by atoms with Gasteiger partial charge in [-0.3, -0.25) is 4.79 Å². The van der Waals surface area contributed by atoms with Gasteiger partial charge >= 0.3 is 0 Å². The molecule has 0 saturated heterocycles. The molecule has 15 heavy (non-hydrogen) atoms. The van der Waals surface area contributed by atoms with E-state index in [4.69, 9.17) is 10.2 Å². The number of hydrogen-bond donors (Lipinski definition) is 2. The third kappa shape index (κ3) is 16.0. The molecule has 0 aromatic carbocycles. The number of carbonyl (C=O) groups is 1. The predicted octanol–water partition coefficient (Wildman–Crippen LogP) is 2.27. The number of allylic oxidation sites excluding steroid dienone is 1. The summed E-state index contributed by atoms with van der Waals surface area (Å²) in [5.41, 5.74) is 0. The van der Waals surface area contributed by atoms with Crippen molar-refractivity contribution in [3.8, 4) is 0 Å². The topological polar surface area (TPSA) is 57.5 Å². The monoisotopic (exact) mass is 216 g/mol. The van der Waals surface area contributed by atoms with Gasteiger partial charge in [0.25, 0.3) is 0 Å². The molecule has 3 nitrogen and oxygen atoms in total. The average molecular weight is 216 g/mol. The van der Waals surface area contributed by atoms with Gasteiger partial charge in [0.15, 0.2) is 5.79 Å². The Morgan fingerprint density at radius 2 is 1.80 bits per heavy atom. The number of hydrogen-bond acceptors (Lipinski definition) is 3. The summed E-state index contributed by atoms with van der Waals surface area (Å²) < 4.78 is 0. The molecular formula is C12H24O3. The van der Waals surface area contributed by atoms with E-state index in [9.17, 15) is 4.79 Å². The Bertz CT molecular complexity index is 174.